The second-order valence-corrected chi connectivity index (χ2v) is 7.85. The van der Waals surface area contributed by atoms with Crippen molar-refractivity contribution in [3.63, 3.8) is 0 Å². The van der Waals surface area contributed by atoms with Crippen molar-refractivity contribution in [1.29, 1.82) is 0 Å². The molecule has 0 radical (unpaired) electrons. The molecule has 0 spiro atoms. The van der Waals surface area contributed by atoms with Gasteiger partial charge < -0.3 is 15.0 Å². The number of carbonyl (C=O) groups is 1. The molecule has 1 aromatic carbocycles. The fourth-order valence-corrected chi connectivity index (χ4v) is 3.83. The van der Waals surface area contributed by atoms with Crippen LogP contribution in [0.25, 0.3) is 0 Å². The molecule has 1 aliphatic rings. The summed E-state index contributed by atoms with van der Waals surface area (Å²) in [5, 5.41) is 3.32. The molecule has 24 heavy (non-hydrogen) atoms. The number of nitrogens with zero attached hydrogens (tertiary/aromatic N) is 2. The Morgan fingerprint density at radius 3 is 2.62 bits per heavy atom. The molecule has 1 fully saturated rings. The van der Waals surface area contributed by atoms with E-state index in [0.717, 1.165) is 39.1 Å². The van der Waals surface area contributed by atoms with Crippen LogP contribution in [0.15, 0.2) is 29.2 Å². The summed E-state index contributed by atoms with van der Waals surface area (Å²) in [6.07, 6.45) is 0.605. The van der Waals surface area contributed by atoms with Gasteiger partial charge in [-0.2, -0.15) is 0 Å². The molecule has 1 heterocycles. The van der Waals surface area contributed by atoms with Gasteiger partial charge in [0, 0.05) is 42.9 Å². The van der Waals surface area contributed by atoms with Crippen LogP contribution in [0.1, 0.15) is 20.3 Å². The maximum atomic E-state index is 11.0. The van der Waals surface area contributed by atoms with E-state index in [-0.39, 0.29) is 6.09 Å². The van der Waals surface area contributed by atoms with Crippen molar-refractivity contribution in [2.24, 2.45) is 0 Å². The molecule has 1 aromatic rings. The van der Waals surface area contributed by atoms with Crippen LogP contribution in [-0.4, -0.2) is 62.6 Å². The summed E-state index contributed by atoms with van der Waals surface area (Å²) < 4.78 is 4.57. The number of thioether (sulfide) groups is 1. The van der Waals surface area contributed by atoms with Crippen molar-refractivity contribution in [3.05, 3.63) is 24.3 Å². The van der Waals surface area contributed by atoms with Gasteiger partial charge in [-0.25, -0.2) is 4.79 Å². The van der Waals surface area contributed by atoms with Crippen molar-refractivity contribution < 1.29 is 9.53 Å². The van der Waals surface area contributed by atoms with E-state index in [9.17, 15) is 4.79 Å². The van der Waals surface area contributed by atoms with E-state index < -0.39 is 0 Å². The molecule has 0 bridgehead atoms. The summed E-state index contributed by atoms with van der Waals surface area (Å²) in [6, 6.07) is 8.72. The maximum Gasteiger partial charge on any atom is 0.406 e. The number of rotatable bonds is 7. The monoisotopic (exact) mass is 351 g/mol. The van der Waals surface area contributed by atoms with Crippen LogP contribution in [0, 0.1) is 0 Å². The molecule has 1 amide bonds. The first-order chi connectivity index (χ1) is 11.6. The highest BCUT2D eigenvalue weighted by Gasteiger charge is 2.19. The number of hydrogen-bond acceptors (Lipinski definition) is 5. The molecule has 0 unspecified atom stereocenters. The zero-order valence-electron chi connectivity index (χ0n) is 15.0. The maximum absolute atomic E-state index is 11.0. The average Bonchev–Trinajstić information content (AvgIpc) is 2.59. The Balaban J connectivity index is 1.77. The van der Waals surface area contributed by atoms with E-state index in [1.807, 2.05) is 11.8 Å². The first-order valence-electron chi connectivity index (χ1n) is 8.65. The highest BCUT2D eigenvalue weighted by Crippen LogP contribution is 2.33. The summed E-state index contributed by atoms with van der Waals surface area (Å²) in [6.45, 7) is 10.4. The smallest absolute Gasteiger partial charge is 0.406 e. The first-order valence-corrected chi connectivity index (χ1v) is 9.53. The molecule has 2 rings (SSSR count). The van der Waals surface area contributed by atoms with Crippen LogP contribution < -0.4 is 10.2 Å². The molecule has 5 nitrogen and oxygen atoms in total. The number of hydrogen-bond donors (Lipinski definition) is 1. The van der Waals surface area contributed by atoms with E-state index >= 15 is 0 Å². The van der Waals surface area contributed by atoms with E-state index in [2.05, 4.69) is 58.0 Å². The van der Waals surface area contributed by atoms with Gasteiger partial charge in [-0.3, -0.25) is 4.90 Å². The molecule has 0 atom stereocenters. The number of benzene rings is 1. The van der Waals surface area contributed by atoms with Crippen LogP contribution in [0.3, 0.4) is 0 Å². The molecular weight excluding hydrogens is 322 g/mol. The van der Waals surface area contributed by atoms with E-state index in [4.69, 9.17) is 0 Å². The molecule has 0 aliphatic carbocycles. The summed E-state index contributed by atoms with van der Waals surface area (Å²) in [7, 11) is 1.39. The molecule has 1 N–H and O–H groups in total. The minimum Gasteiger partial charge on any atom is -0.453 e. The van der Waals surface area contributed by atoms with Gasteiger partial charge in [0.25, 0.3) is 0 Å². The normalized spacial score (nSPS) is 15.6. The minimum atomic E-state index is -0.348. The number of carbonyl (C=O) groups excluding carboxylic acids is 1. The van der Waals surface area contributed by atoms with E-state index in [0.29, 0.717) is 11.8 Å². The van der Waals surface area contributed by atoms with Crippen molar-refractivity contribution in [3.8, 4) is 0 Å². The van der Waals surface area contributed by atoms with Crippen molar-refractivity contribution >= 4 is 23.5 Å². The summed E-state index contributed by atoms with van der Waals surface area (Å²) in [4.78, 5) is 17.4. The third-order valence-electron chi connectivity index (χ3n) is 4.05. The number of ether oxygens (including phenoxy) is 1. The number of piperazine rings is 1. The number of para-hydroxylation sites is 1. The number of nitrogens with one attached hydrogen (secondary N) is 1. The Hall–Kier alpha value is -1.40. The second kappa shape index (κ2) is 9.79. The topological polar surface area (TPSA) is 44.8 Å². The highest BCUT2D eigenvalue weighted by molar-refractivity contribution is 8.00. The highest BCUT2D eigenvalue weighted by atomic mass is 32.2. The molecule has 0 saturated carbocycles. The van der Waals surface area contributed by atoms with Gasteiger partial charge in [-0.15, -0.1) is 11.8 Å². The van der Waals surface area contributed by atoms with Crippen LogP contribution in [0.2, 0.25) is 0 Å². The SMILES string of the molecule is COC(=O)NCCCN1CCN(c2ccccc2SC(C)C)CC1. The quantitative estimate of drug-likeness (QED) is 0.604. The van der Waals surface area contributed by atoms with Crippen LogP contribution in [-0.2, 0) is 4.74 Å². The summed E-state index contributed by atoms with van der Waals surface area (Å²) in [5.41, 5.74) is 1.36. The lowest BCUT2D eigenvalue weighted by atomic mass is 10.2. The zero-order valence-corrected chi connectivity index (χ0v) is 15.8. The summed E-state index contributed by atoms with van der Waals surface area (Å²) in [5.74, 6) is 0. The fraction of sp³-hybridized carbons (Fsp3) is 0.611. The largest absolute Gasteiger partial charge is 0.453 e. The second-order valence-electron chi connectivity index (χ2n) is 6.23. The zero-order chi connectivity index (χ0) is 17.4. The Labute approximate surface area is 149 Å². The molecule has 6 heteroatoms. The van der Waals surface area contributed by atoms with E-state index in [1.54, 1.807) is 0 Å². The van der Waals surface area contributed by atoms with Gasteiger partial charge in [0.1, 0.15) is 0 Å². The molecular formula is C18H29N3O2S. The van der Waals surface area contributed by atoms with Gasteiger partial charge in [0.05, 0.1) is 12.8 Å². The lowest BCUT2D eigenvalue weighted by Crippen LogP contribution is -2.47. The number of methoxy groups -OCH3 is 1. The fourth-order valence-electron chi connectivity index (χ4n) is 2.85. The predicted molar refractivity (Wildman–Crippen MR) is 101 cm³/mol. The van der Waals surface area contributed by atoms with Crippen LogP contribution in [0.4, 0.5) is 10.5 Å². The number of amides is 1. The van der Waals surface area contributed by atoms with Gasteiger partial charge in [0.15, 0.2) is 0 Å². The third-order valence-corrected chi connectivity index (χ3v) is 5.12. The Bertz CT molecular complexity index is 517. The summed E-state index contributed by atoms with van der Waals surface area (Å²) >= 11 is 1.93. The third kappa shape index (κ3) is 5.91. The Morgan fingerprint density at radius 1 is 1.25 bits per heavy atom. The van der Waals surface area contributed by atoms with Gasteiger partial charge >= 0.3 is 6.09 Å². The van der Waals surface area contributed by atoms with Crippen LogP contribution in [0.5, 0.6) is 0 Å². The van der Waals surface area contributed by atoms with Crippen molar-refractivity contribution in [1.82, 2.24) is 10.2 Å². The number of alkyl carbamates (subject to hydrolysis) is 1. The lowest BCUT2D eigenvalue weighted by molar-refractivity contribution is 0.170. The molecule has 1 saturated heterocycles. The van der Waals surface area contributed by atoms with Gasteiger partial charge in [-0.05, 0) is 25.1 Å². The van der Waals surface area contributed by atoms with Gasteiger partial charge in [-0.1, -0.05) is 26.0 Å². The average molecular weight is 352 g/mol. The van der Waals surface area contributed by atoms with Crippen molar-refractivity contribution in [2.75, 3.05) is 51.3 Å². The van der Waals surface area contributed by atoms with E-state index in [1.165, 1.54) is 17.7 Å². The van der Waals surface area contributed by atoms with Crippen LogP contribution >= 0.6 is 11.8 Å². The standard InChI is InChI=1S/C18H29N3O2S/c1-15(2)24-17-8-5-4-7-16(17)21-13-11-20(12-14-21)10-6-9-19-18(22)23-3/h4-5,7-8,15H,6,9-14H2,1-3H3,(H,19,22). The predicted octanol–water partition coefficient (Wildman–Crippen LogP) is 3.06. The van der Waals surface area contributed by atoms with Crippen molar-refractivity contribution in [2.45, 2.75) is 30.4 Å². The number of anilines is 1. The molecule has 1 aliphatic heterocycles. The lowest BCUT2D eigenvalue weighted by Gasteiger charge is -2.37. The molecule has 0 aromatic heterocycles. The Kier molecular flexibility index (Phi) is 7.72. The molecule has 134 valence electrons. The van der Waals surface area contributed by atoms with Gasteiger partial charge in [0.2, 0.25) is 0 Å². The Morgan fingerprint density at radius 2 is 1.96 bits per heavy atom. The first kappa shape index (κ1) is 18.9. The minimum absolute atomic E-state index is 0.348.